The van der Waals surface area contributed by atoms with E-state index in [0.717, 1.165) is 16.8 Å². The maximum atomic E-state index is 11.9. The highest BCUT2D eigenvalue weighted by Crippen LogP contribution is 2.23. The van der Waals surface area contributed by atoms with E-state index in [2.05, 4.69) is 5.10 Å². The molecule has 0 amide bonds. The van der Waals surface area contributed by atoms with Gasteiger partial charge in [-0.2, -0.15) is 5.10 Å². The molecule has 0 aliphatic rings. The summed E-state index contributed by atoms with van der Waals surface area (Å²) >= 11 is 0. The van der Waals surface area contributed by atoms with Gasteiger partial charge in [0, 0.05) is 12.4 Å². The molecule has 0 aliphatic heterocycles. The molecule has 5 nitrogen and oxygen atoms in total. The fourth-order valence-electron chi connectivity index (χ4n) is 1.91. The lowest BCUT2D eigenvalue weighted by atomic mass is 10.0. The van der Waals surface area contributed by atoms with Crippen molar-refractivity contribution in [3.05, 3.63) is 54.0 Å². The average molecular weight is 272 g/mol. The van der Waals surface area contributed by atoms with Crippen LogP contribution < -0.4 is 0 Å². The Bertz CT molecular complexity index is 631. The van der Waals surface area contributed by atoms with Gasteiger partial charge in [-0.15, -0.1) is 0 Å². The standard InChI is InChI=1S/C15H16N2O3/c1-11-5-6-12(17-8-4-7-16-17)9-13(11)14(10-19-2)15(18)20-3/h4-10H,1-3H3/b14-10+. The maximum absolute atomic E-state index is 11.9. The Labute approximate surface area is 117 Å². The number of ether oxygens (including phenoxy) is 2. The van der Waals surface area contributed by atoms with Crippen LogP contribution in [0.1, 0.15) is 11.1 Å². The Hall–Kier alpha value is -2.56. The fraction of sp³-hybridized carbons (Fsp3) is 0.200. The SMILES string of the molecule is CO/C=C(/C(=O)OC)c1cc(-n2cccn2)ccc1C. The lowest BCUT2D eigenvalue weighted by Crippen LogP contribution is -2.07. The van der Waals surface area contributed by atoms with Crippen molar-refractivity contribution in [1.29, 1.82) is 0 Å². The summed E-state index contributed by atoms with van der Waals surface area (Å²) < 4.78 is 11.5. The molecular formula is C15H16N2O3. The number of carbonyl (C=O) groups is 1. The van der Waals surface area contributed by atoms with Crippen LogP contribution in [0, 0.1) is 6.92 Å². The summed E-state index contributed by atoms with van der Waals surface area (Å²) in [6.45, 7) is 1.93. The van der Waals surface area contributed by atoms with Gasteiger partial charge in [0.1, 0.15) is 5.57 Å². The van der Waals surface area contributed by atoms with E-state index in [1.807, 2.05) is 37.4 Å². The van der Waals surface area contributed by atoms with Crippen molar-refractivity contribution in [1.82, 2.24) is 9.78 Å². The van der Waals surface area contributed by atoms with Crippen LogP contribution >= 0.6 is 0 Å². The van der Waals surface area contributed by atoms with E-state index in [-0.39, 0.29) is 0 Å². The highest BCUT2D eigenvalue weighted by Gasteiger charge is 2.16. The first-order valence-corrected chi connectivity index (χ1v) is 6.09. The number of hydrogen-bond acceptors (Lipinski definition) is 4. The molecule has 0 aliphatic carbocycles. The summed E-state index contributed by atoms with van der Waals surface area (Å²) in [6.07, 6.45) is 4.93. The Morgan fingerprint density at radius 3 is 2.75 bits per heavy atom. The van der Waals surface area contributed by atoms with Crippen LogP contribution in [-0.2, 0) is 14.3 Å². The van der Waals surface area contributed by atoms with Crippen molar-refractivity contribution < 1.29 is 14.3 Å². The molecule has 1 heterocycles. The van der Waals surface area contributed by atoms with E-state index in [0.29, 0.717) is 5.57 Å². The molecule has 104 valence electrons. The minimum absolute atomic E-state index is 0.376. The molecule has 0 radical (unpaired) electrons. The number of benzene rings is 1. The van der Waals surface area contributed by atoms with E-state index in [1.54, 1.807) is 10.9 Å². The summed E-state index contributed by atoms with van der Waals surface area (Å²) in [6, 6.07) is 7.59. The van der Waals surface area contributed by atoms with Gasteiger partial charge in [0.15, 0.2) is 0 Å². The van der Waals surface area contributed by atoms with Crippen LogP contribution in [0.3, 0.4) is 0 Å². The number of nitrogens with zero attached hydrogens (tertiary/aromatic N) is 2. The van der Waals surface area contributed by atoms with E-state index in [4.69, 9.17) is 9.47 Å². The normalized spacial score (nSPS) is 11.2. The van der Waals surface area contributed by atoms with Crippen molar-refractivity contribution >= 4 is 11.5 Å². The number of aromatic nitrogens is 2. The number of aryl methyl sites for hydroxylation is 1. The van der Waals surface area contributed by atoms with E-state index >= 15 is 0 Å². The van der Waals surface area contributed by atoms with Crippen LogP contribution in [0.2, 0.25) is 0 Å². The van der Waals surface area contributed by atoms with Crippen LogP contribution in [0.15, 0.2) is 42.9 Å². The second-order valence-corrected chi connectivity index (χ2v) is 4.21. The summed E-state index contributed by atoms with van der Waals surface area (Å²) in [5.41, 5.74) is 2.95. The van der Waals surface area contributed by atoms with Gasteiger partial charge in [0.05, 0.1) is 26.2 Å². The molecular weight excluding hydrogens is 256 g/mol. The number of rotatable bonds is 4. The molecule has 5 heteroatoms. The Morgan fingerprint density at radius 1 is 1.35 bits per heavy atom. The van der Waals surface area contributed by atoms with Gasteiger partial charge in [-0.3, -0.25) is 0 Å². The maximum Gasteiger partial charge on any atom is 0.341 e. The predicted octanol–water partition coefficient (Wildman–Crippen LogP) is 2.34. The molecule has 0 fully saturated rings. The lowest BCUT2D eigenvalue weighted by molar-refractivity contribution is -0.133. The summed E-state index contributed by atoms with van der Waals surface area (Å²) in [5.74, 6) is -0.437. The third-order valence-electron chi connectivity index (χ3n) is 2.92. The first-order valence-electron chi connectivity index (χ1n) is 6.09. The molecule has 20 heavy (non-hydrogen) atoms. The molecule has 0 spiro atoms. The first kappa shape index (κ1) is 13.9. The van der Waals surface area contributed by atoms with Gasteiger partial charge in [0.2, 0.25) is 0 Å². The lowest BCUT2D eigenvalue weighted by Gasteiger charge is -2.11. The van der Waals surface area contributed by atoms with E-state index in [9.17, 15) is 4.79 Å². The zero-order chi connectivity index (χ0) is 14.5. The van der Waals surface area contributed by atoms with Gasteiger partial charge in [0.25, 0.3) is 0 Å². The van der Waals surface area contributed by atoms with Crippen LogP contribution in [-0.4, -0.2) is 30.0 Å². The van der Waals surface area contributed by atoms with Gasteiger partial charge >= 0.3 is 5.97 Å². The highest BCUT2D eigenvalue weighted by molar-refractivity contribution is 6.16. The van der Waals surface area contributed by atoms with Gasteiger partial charge in [-0.05, 0) is 36.2 Å². The zero-order valence-corrected chi connectivity index (χ0v) is 11.7. The second kappa shape index (κ2) is 6.06. The minimum atomic E-state index is -0.437. The molecule has 0 unspecified atom stereocenters. The Morgan fingerprint density at radius 2 is 2.15 bits per heavy atom. The third-order valence-corrected chi connectivity index (χ3v) is 2.92. The molecule has 0 saturated carbocycles. The molecule has 2 aromatic rings. The molecule has 0 saturated heterocycles. The molecule has 1 aromatic carbocycles. The number of carbonyl (C=O) groups excluding carboxylic acids is 1. The second-order valence-electron chi connectivity index (χ2n) is 4.21. The van der Waals surface area contributed by atoms with Crippen molar-refractivity contribution in [2.45, 2.75) is 6.92 Å². The molecule has 1 aromatic heterocycles. The molecule has 2 rings (SSSR count). The predicted molar refractivity (Wildman–Crippen MR) is 75.3 cm³/mol. The largest absolute Gasteiger partial charge is 0.503 e. The van der Waals surface area contributed by atoms with E-state index in [1.165, 1.54) is 20.5 Å². The summed E-state index contributed by atoms with van der Waals surface area (Å²) in [5, 5.41) is 4.18. The van der Waals surface area contributed by atoms with Gasteiger partial charge < -0.3 is 9.47 Å². The van der Waals surface area contributed by atoms with Gasteiger partial charge in [-0.1, -0.05) is 6.07 Å². The number of hydrogen-bond donors (Lipinski definition) is 0. The quantitative estimate of drug-likeness (QED) is 0.487. The van der Waals surface area contributed by atoms with Crippen molar-refractivity contribution in [3.63, 3.8) is 0 Å². The van der Waals surface area contributed by atoms with E-state index < -0.39 is 5.97 Å². The first-order chi connectivity index (χ1) is 9.67. The number of methoxy groups -OCH3 is 2. The smallest absolute Gasteiger partial charge is 0.341 e. The average Bonchev–Trinajstić information content (AvgIpc) is 2.99. The zero-order valence-electron chi connectivity index (χ0n) is 11.7. The van der Waals surface area contributed by atoms with Crippen molar-refractivity contribution in [3.8, 4) is 5.69 Å². The monoisotopic (exact) mass is 272 g/mol. The Kier molecular flexibility index (Phi) is 4.20. The minimum Gasteiger partial charge on any atom is -0.503 e. The summed E-state index contributed by atoms with van der Waals surface area (Å²) in [4.78, 5) is 11.9. The number of esters is 1. The van der Waals surface area contributed by atoms with Crippen molar-refractivity contribution in [2.24, 2.45) is 0 Å². The summed E-state index contributed by atoms with van der Waals surface area (Å²) in [7, 11) is 2.84. The third kappa shape index (κ3) is 2.71. The van der Waals surface area contributed by atoms with Crippen LogP contribution in [0.5, 0.6) is 0 Å². The van der Waals surface area contributed by atoms with Gasteiger partial charge in [-0.25, -0.2) is 9.48 Å². The highest BCUT2D eigenvalue weighted by atomic mass is 16.5. The molecule has 0 bridgehead atoms. The molecule has 0 N–H and O–H groups in total. The fourth-order valence-corrected chi connectivity index (χ4v) is 1.91. The van der Waals surface area contributed by atoms with Crippen molar-refractivity contribution in [2.75, 3.05) is 14.2 Å². The molecule has 0 atom stereocenters. The Balaban J connectivity index is 2.52. The van der Waals surface area contributed by atoms with Crippen LogP contribution in [0.25, 0.3) is 11.3 Å². The van der Waals surface area contributed by atoms with Crippen LogP contribution in [0.4, 0.5) is 0 Å². The topological polar surface area (TPSA) is 53.4 Å².